The van der Waals surface area contributed by atoms with Crippen LogP contribution in [0.4, 0.5) is 5.69 Å². The topological polar surface area (TPSA) is 83.3 Å². The summed E-state index contributed by atoms with van der Waals surface area (Å²) in [5.74, 6) is -1.08. The van der Waals surface area contributed by atoms with Crippen LogP contribution < -0.4 is 5.01 Å². The van der Waals surface area contributed by atoms with Crippen LogP contribution >= 0.6 is 0 Å². The van der Waals surface area contributed by atoms with Crippen LogP contribution in [0, 0.1) is 10.1 Å². The highest BCUT2D eigenvalue weighted by Gasteiger charge is 2.25. The van der Waals surface area contributed by atoms with E-state index < -0.39 is 17.5 Å². The number of rotatable bonds is 3. The summed E-state index contributed by atoms with van der Waals surface area (Å²) in [6, 6.07) is 7.52. The second-order valence-electron chi connectivity index (χ2n) is 2.42. The minimum atomic E-state index is -1.14. The van der Waals surface area contributed by atoms with Crippen molar-refractivity contribution < 1.29 is 14.9 Å². The van der Waals surface area contributed by atoms with Crippen molar-refractivity contribution >= 4 is 11.6 Å². The molecule has 0 spiro atoms. The lowest BCUT2D eigenvalue weighted by Gasteiger charge is -2.09. The Morgan fingerprint density at radius 1 is 1.36 bits per heavy atom. The Labute approximate surface area is 79.5 Å². The molecule has 73 valence electrons. The van der Waals surface area contributed by atoms with E-state index in [4.69, 9.17) is 0 Å². The van der Waals surface area contributed by atoms with Gasteiger partial charge in [0.15, 0.2) is 11.6 Å². The van der Waals surface area contributed by atoms with Gasteiger partial charge in [-0.3, -0.25) is 4.79 Å². The predicted octanol–water partition coefficient (Wildman–Crippen LogP) is 0.642. The molecule has 0 unspecified atom stereocenters. The Balaban J connectivity index is 3.01. The molecule has 6 nitrogen and oxygen atoms in total. The molecule has 1 radical (unpaired) electrons. The van der Waals surface area contributed by atoms with Crippen molar-refractivity contribution in [2.24, 2.45) is 0 Å². The molecule has 0 fully saturated rings. The monoisotopic (exact) mass is 195 g/mol. The second kappa shape index (κ2) is 4.33. The highest BCUT2D eigenvalue weighted by Crippen LogP contribution is 2.12. The summed E-state index contributed by atoms with van der Waals surface area (Å²) in [6.07, 6.45) is 0. The van der Waals surface area contributed by atoms with Gasteiger partial charge in [-0.15, -0.1) is 0 Å². The molecule has 0 saturated heterocycles. The summed E-state index contributed by atoms with van der Waals surface area (Å²) < 4.78 is 0. The van der Waals surface area contributed by atoms with Crippen LogP contribution in [0.25, 0.3) is 0 Å². The summed E-state index contributed by atoms with van der Waals surface area (Å²) in [5, 5.41) is 20.1. The molecule has 0 aliphatic rings. The fraction of sp³-hybridized carbons (Fsp3) is 0.125. The molecule has 0 saturated carbocycles. The van der Waals surface area contributed by atoms with Crippen molar-refractivity contribution in [3.63, 3.8) is 0 Å². The van der Waals surface area contributed by atoms with Gasteiger partial charge in [0.05, 0.1) is 0 Å². The summed E-state index contributed by atoms with van der Waals surface area (Å²) in [4.78, 5) is 21.4. The Morgan fingerprint density at radius 2 is 1.93 bits per heavy atom. The molecular formula is C8H7N2O4. The molecule has 0 N–H and O–H groups in total. The molecule has 0 bridgehead atoms. The first-order valence-electron chi connectivity index (χ1n) is 3.77. The molecule has 1 aromatic rings. The van der Waals surface area contributed by atoms with Gasteiger partial charge < -0.3 is 0 Å². The van der Waals surface area contributed by atoms with Crippen molar-refractivity contribution in [3.05, 3.63) is 40.4 Å². The highest BCUT2D eigenvalue weighted by atomic mass is 16.7. The van der Waals surface area contributed by atoms with Crippen LogP contribution in [0.5, 0.6) is 0 Å². The fourth-order valence-corrected chi connectivity index (χ4v) is 0.960. The van der Waals surface area contributed by atoms with E-state index in [2.05, 4.69) is 0 Å². The number of nitrogens with zero attached hydrogens (tertiary/aromatic N) is 2. The number of hydrogen-bond donors (Lipinski definition) is 0. The van der Waals surface area contributed by atoms with E-state index >= 15 is 0 Å². The summed E-state index contributed by atoms with van der Waals surface area (Å²) in [5.41, 5.74) is 0.0818. The van der Waals surface area contributed by atoms with Gasteiger partial charge in [0.1, 0.15) is 5.69 Å². The number of anilines is 1. The molecule has 0 aliphatic heterocycles. The molecule has 1 rings (SSSR count). The lowest BCUT2D eigenvalue weighted by Crippen LogP contribution is -2.37. The molecule has 0 heterocycles. The molecule has 6 heteroatoms. The van der Waals surface area contributed by atoms with Crippen molar-refractivity contribution in [2.45, 2.75) is 0 Å². The van der Waals surface area contributed by atoms with E-state index in [1.54, 1.807) is 18.2 Å². The van der Waals surface area contributed by atoms with Gasteiger partial charge in [-0.1, -0.05) is 18.2 Å². The molecule has 0 atom stereocenters. The smallest absolute Gasteiger partial charge is 0.265 e. The molecule has 1 aromatic carbocycles. The first kappa shape index (κ1) is 10.1. The Kier molecular flexibility index (Phi) is 3.14. The molecule has 0 aliphatic carbocycles. The molecule has 0 aromatic heterocycles. The van der Waals surface area contributed by atoms with Gasteiger partial charge in [0, 0.05) is 0 Å². The standard InChI is InChI=1S/C8H7N2O4/c11-6-8(12)9(10(13)14)7-4-2-1-3-5-7/h1-5H,6H2. The third-order valence-electron chi connectivity index (χ3n) is 1.52. The third-order valence-corrected chi connectivity index (χ3v) is 1.52. The Bertz CT molecular complexity index is 338. The maximum Gasteiger partial charge on any atom is 0.318 e. The minimum absolute atomic E-state index is 0.0818. The highest BCUT2D eigenvalue weighted by molar-refractivity contribution is 5.91. The average Bonchev–Trinajstić information content (AvgIpc) is 2.19. The largest absolute Gasteiger partial charge is 0.318 e. The zero-order chi connectivity index (χ0) is 10.6. The number of hydrazine groups is 1. The minimum Gasteiger partial charge on any atom is -0.265 e. The quantitative estimate of drug-likeness (QED) is 0.524. The van der Waals surface area contributed by atoms with Crippen molar-refractivity contribution in [2.75, 3.05) is 11.6 Å². The fourth-order valence-electron chi connectivity index (χ4n) is 0.960. The van der Waals surface area contributed by atoms with Gasteiger partial charge in [-0.2, -0.15) is 0 Å². The van der Waals surface area contributed by atoms with E-state index in [1.807, 2.05) is 0 Å². The van der Waals surface area contributed by atoms with Crippen LogP contribution in [0.3, 0.4) is 0 Å². The third kappa shape index (κ3) is 2.05. The van der Waals surface area contributed by atoms with Crippen LogP contribution in [0.1, 0.15) is 0 Å². The first-order valence-corrected chi connectivity index (χ1v) is 3.77. The zero-order valence-electron chi connectivity index (χ0n) is 7.12. The Morgan fingerprint density at radius 3 is 2.36 bits per heavy atom. The first-order chi connectivity index (χ1) is 6.66. The van der Waals surface area contributed by atoms with E-state index in [9.17, 15) is 20.0 Å². The number of nitro groups is 1. The van der Waals surface area contributed by atoms with Crippen molar-refractivity contribution in [1.29, 1.82) is 0 Å². The zero-order valence-corrected chi connectivity index (χ0v) is 7.12. The van der Waals surface area contributed by atoms with Gasteiger partial charge in [-0.05, 0) is 17.1 Å². The number of carbonyl (C=O) groups excluding carboxylic acids is 1. The van der Waals surface area contributed by atoms with Gasteiger partial charge in [-0.25, -0.2) is 15.2 Å². The van der Waals surface area contributed by atoms with E-state index in [0.717, 1.165) is 0 Å². The van der Waals surface area contributed by atoms with E-state index in [1.165, 1.54) is 12.1 Å². The lowest BCUT2D eigenvalue weighted by molar-refractivity contribution is -0.484. The van der Waals surface area contributed by atoms with Gasteiger partial charge in [0.25, 0.3) is 0 Å². The van der Waals surface area contributed by atoms with Crippen LogP contribution in [-0.4, -0.2) is 17.5 Å². The van der Waals surface area contributed by atoms with E-state index in [-0.39, 0.29) is 10.7 Å². The van der Waals surface area contributed by atoms with Crippen LogP contribution in [0.15, 0.2) is 30.3 Å². The number of carbonyl (C=O) groups is 1. The normalized spacial score (nSPS) is 9.50. The maximum absolute atomic E-state index is 10.9. The number of hydrogen-bond acceptors (Lipinski definition) is 3. The predicted molar refractivity (Wildman–Crippen MR) is 46.5 cm³/mol. The lowest BCUT2D eigenvalue weighted by atomic mass is 10.3. The summed E-state index contributed by atoms with van der Waals surface area (Å²) >= 11 is 0. The maximum atomic E-state index is 10.9. The average molecular weight is 195 g/mol. The second-order valence-corrected chi connectivity index (χ2v) is 2.42. The van der Waals surface area contributed by atoms with Crippen molar-refractivity contribution in [3.8, 4) is 0 Å². The van der Waals surface area contributed by atoms with E-state index in [0.29, 0.717) is 0 Å². The van der Waals surface area contributed by atoms with Crippen LogP contribution in [0.2, 0.25) is 0 Å². The van der Waals surface area contributed by atoms with Crippen molar-refractivity contribution in [1.82, 2.24) is 0 Å². The number of benzene rings is 1. The SMILES string of the molecule is [O]CC(=O)N(c1ccccc1)[N+](=O)[O-]. The molecule has 14 heavy (non-hydrogen) atoms. The van der Waals surface area contributed by atoms with Gasteiger partial charge >= 0.3 is 5.91 Å². The molecule has 1 amide bonds. The Hall–Kier alpha value is -1.95. The number of amides is 1. The molecular weight excluding hydrogens is 188 g/mol. The summed E-state index contributed by atoms with van der Waals surface area (Å²) in [7, 11) is 0. The van der Waals surface area contributed by atoms with Crippen LogP contribution in [-0.2, 0) is 9.90 Å². The summed E-state index contributed by atoms with van der Waals surface area (Å²) in [6.45, 7) is -1.14. The number of para-hydroxylation sites is 1. The van der Waals surface area contributed by atoms with Gasteiger partial charge in [0.2, 0.25) is 0 Å².